The molecule has 2 aromatic rings. The molecule has 7 heteroatoms. The number of hydrogen-bond acceptors (Lipinski definition) is 4. The molecule has 2 aromatic heterocycles. The van der Waals surface area contributed by atoms with Gasteiger partial charge >= 0.3 is 5.69 Å². The van der Waals surface area contributed by atoms with Crippen LogP contribution in [0.25, 0.3) is 11.0 Å². The van der Waals surface area contributed by atoms with Crippen molar-refractivity contribution in [1.82, 2.24) is 14.1 Å². The predicted molar refractivity (Wildman–Crippen MR) is 58.7 cm³/mol. The quantitative estimate of drug-likeness (QED) is 0.697. The summed E-state index contributed by atoms with van der Waals surface area (Å²) in [6, 6.07) is 0. The van der Waals surface area contributed by atoms with Gasteiger partial charge in [0.1, 0.15) is 12.8 Å². The molecular formula is C10H8N4O3. The fourth-order valence-electron chi connectivity index (χ4n) is 2.09. The number of aromatic nitrogens is 3. The number of carbonyl (C=O) groups is 2. The van der Waals surface area contributed by atoms with Crippen molar-refractivity contribution >= 4 is 28.9 Å². The van der Waals surface area contributed by atoms with Gasteiger partial charge in [-0.25, -0.2) is 4.79 Å². The average molecular weight is 232 g/mol. The maximum Gasteiger partial charge on any atom is 0.330 e. The first-order valence-electron chi connectivity index (χ1n) is 5.03. The van der Waals surface area contributed by atoms with Gasteiger partial charge in [-0.05, 0) is 0 Å². The molecule has 0 saturated heterocycles. The zero-order valence-electron chi connectivity index (χ0n) is 8.71. The summed E-state index contributed by atoms with van der Waals surface area (Å²) in [5.41, 5.74) is 1.31. The van der Waals surface area contributed by atoms with Gasteiger partial charge in [0.05, 0.1) is 35.7 Å². The van der Waals surface area contributed by atoms with Gasteiger partial charge < -0.3 is 10.1 Å². The minimum Gasteiger partial charge on any atom is -0.321 e. The molecule has 7 nitrogen and oxygen atoms in total. The predicted octanol–water partition coefficient (Wildman–Crippen LogP) is -0.651. The van der Waals surface area contributed by atoms with Crippen LogP contribution in [0.3, 0.4) is 0 Å². The number of nitrogens with one attached hydrogen (secondary N) is 1. The van der Waals surface area contributed by atoms with Gasteiger partial charge in [-0.15, -0.1) is 0 Å². The lowest BCUT2D eigenvalue weighted by Gasteiger charge is -2.13. The summed E-state index contributed by atoms with van der Waals surface area (Å²) in [5, 5.41) is 2.64. The largest absolute Gasteiger partial charge is 0.330 e. The monoisotopic (exact) mass is 232 g/mol. The third-order valence-corrected chi connectivity index (χ3v) is 2.75. The van der Waals surface area contributed by atoms with Crippen LogP contribution in [-0.2, 0) is 22.7 Å². The minimum atomic E-state index is -0.365. The highest BCUT2D eigenvalue weighted by Gasteiger charge is 2.23. The van der Waals surface area contributed by atoms with E-state index in [0.29, 0.717) is 23.0 Å². The van der Waals surface area contributed by atoms with Gasteiger partial charge in [0.2, 0.25) is 5.91 Å². The number of anilines is 1. The first kappa shape index (κ1) is 9.76. The third-order valence-electron chi connectivity index (χ3n) is 2.75. The molecule has 0 atom stereocenters. The third kappa shape index (κ3) is 1.22. The van der Waals surface area contributed by atoms with Crippen LogP contribution in [0, 0.1) is 0 Å². The Hall–Kier alpha value is -2.44. The van der Waals surface area contributed by atoms with E-state index in [2.05, 4.69) is 10.3 Å². The fraction of sp³-hybridized carbons (Fsp3) is 0.200. The Morgan fingerprint density at radius 3 is 3.00 bits per heavy atom. The van der Waals surface area contributed by atoms with Crippen molar-refractivity contribution in [2.75, 3.05) is 5.32 Å². The van der Waals surface area contributed by atoms with Crippen LogP contribution in [0.4, 0.5) is 5.69 Å². The average Bonchev–Trinajstić information content (AvgIpc) is 2.57. The Kier molecular flexibility index (Phi) is 1.88. The Morgan fingerprint density at radius 2 is 2.24 bits per heavy atom. The van der Waals surface area contributed by atoms with Crippen LogP contribution >= 0.6 is 0 Å². The number of imidazole rings is 1. The van der Waals surface area contributed by atoms with Crippen LogP contribution in [0.1, 0.15) is 0 Å². The van der Waals surface area contributed by atoms with Gasteiger partial charge in [0.25, 0.3) is 0 Å². The zero-order valence-corrected chi connectivity index (χ0v) is 8.71. The molecule has 3 heterocycles. The summed E-state index contributed by atoms with van der Waals surface area (Å²) < 4.78 is 2.66. The molecule has 0 radical (unpaired) electrons. The molecule has 1 aliphatic heterocycles. The van der Waals surface area contributed by atoms with E-state index in [4.69, 9.17) is 0 Å². The summed E-state index contributed by atoms with van der Waals surface area (Å²) in [4.78, 5) is 37.9. The lowest BCUT2D eigenvalue weighted by Crippen LogP contribution is -2.32. The second-order valence-electron chi connectivity index (χ2n) is 3.75. The SMILES string of the molecule is O=CCn1c(=O)n2c3c(cncc31)NC(=O)C2. The van der Waals surface area contributed by atoms with Gasteiger partial charge in [-0.2, -0.15) is 0 Å². The van der Waals surface area contributed by atoms with Crippen LogP contribution < -0.4 is 11.0 Å². The molecule has 0 aromatic carbocycles. The number of rotatable bonds is 2. The van der Waals surface area contributed by atoms with Crippen molar-refractivity contribution < 1.29 is 9.59 Å². The summed E-state index contributed by atoms with van der Waals surface area (Å²) >= 11 is 0. The highest BCUT2D eigenvalue weighted by Crippen LogP contribution is 2.24. The van der Waals surface area contributed by atoms with Gasteiger partial charge in [0, 0.05) is 0 Å². The first-order chi connectivity index (χ1) is 8.22. The summed E-state index contributed by atoms with van der Waals surface area (Å²) in [6.45, 7) is -0.0696. The maximum atomic E-state index is 12.0. The van der Waals surface area contributed by atoms with Gasteiger partial charge in [-0.1, -0.05) is 0 Å². The van der Waals surface area contributed by atoms with Crippen LogP contribution in [0.15, 0.2) is 17.2 Å². The Morgan fingerprint density at radius 1 is 1.41 bits per heavy atom. The zero-order chi connectivity index (χ0) is 12.0. The van der Waals surface area contributed by atoms with E-state index in [9.17, 15) is 14.4 Å². The first-order valence-corrected chi connectivity index (χ1v) is 5.03. The van der Waals surface area contributed by atoms with Gasteiger partial charge in [0.15, 0.2) is 0 Å². The summed E-state index contributed by atoms with van der Waals surface area (Å²) in [5.74, 6) is -0.266. The summed E-state index contributed by atoms with van der Waals surface area (Å²) in [6.07, 6.45) is 3.64. The van der Waals surface area contributed by atoms with E-state index >= 15 is 0 Å². The van der Waals surface area contributed by atoms with Crippen molar-refractivity contribution in [2.45, 2.75) is 13.1 Å². The molecule has 86 valence electrons. The van der Waals surface area contributed by atoms with E-state index in [1.54, 1.807) is 0 Å². The molecule has 17 heavy (non-hydrogen) atoms. The standard InChI is InChI=1S/C10H8N4O3/c15-2-1-13-7-4-11-3-6-9(7)14(10(13)17)5-8(16)12-6/h2-4H,1,5H2,(H,12,16). The molecule has 3 rings (SSSR count). The minimum absolute atomic E-state index is 0.0296. The van der Waals surface area contributed by atoms with E-state index in [-0.39, 0.29) is 24.7 Å². The molecule has 0 unspecified atom stereocenters. The van der Waals surface area contributed by atoms with Crippen LogP contribution in [0.2, 0.25) is 0 Å². The van der Waals surface area contributed by atoms with Crippen molar-refractivity contribution in [3.05, 3.63) is 22.9 Å². The maximum absolute atomic E-state index is 12.0. The van der Waals surface area contributed by atoms with Crippen molar-refractivity contribution in [1.29, 1.82) is 0 Å². The highest BCUT2D eigenvalue weighted by molar-refractivity contribution is 6.02. The number of nitrogens with zero attached hydrogens (tertiary/aromatic N) is 3. The molecule has 0 spiro atoms. The Bertz CT molecular complexity index is 697. The molecule has 0 saturated carbocycles. The lowest BCUT2D eigenvalue weighted by molar-refractivity contribution is -0.116. The van der Waals surface area contributed by atoms with E-state index in [0.717, 1.165) is 0 Å². The van der Waals surface area contributed by atoms with E-state index < -0.39 is 0 Å². The molecule has 0 aliphatic carbocycles. The number of amides is 1. The van der Waals surface area contributed by atoms with E-state index in [1.165, 1.54) is 21.5 Å². The molecular weight excluding hydrogens is 224 g/mol. The van der Waals surface area contributed by atoms with Crippen LogP contribution in [-0.4, -0.2) is 26.3 Å². The number of pyridine rings is 1. The molecule has 1 amide bonds. The van der Waals surface area contributed by atoms with Gasteiger partial charge in [-0.3, -0.25) is 18.9 Å². The number of hydrogen-bond donors (Lipinski definition) is 1. The van der Waals surface area contributed by atoms with E-state index in [1.807, 2.05) is 0 Å². The van der Waals surface area contributed by atoms with Crippen molar-refractivity contribution in [3.8, 4) is 0 Å². The molecule has 0 bridgehead atoms. The van der Waals surface area contributed by atoms with Crippen LogP contribution in [0.5, 0.6) is 0 Å². The fourth-order valence-corrected chi connectivity index (χ4v) is 2.09. The normalized spacial score (nSPS) is 13.8. The highest BCUT2D eigenvalue weighted by atomic mass is 16.2. The van der Waals surface area contributed by atoms with Crippen molar-refractivity contribution in [2.24, 2.45) is 0 Å². The topological polar surface area (TPSA) is 86.0 Å². The number of aldehydes is 1. The lowest BCUT2D eigenvalue weighted by atomic mass is 10.3. The Balaban J connectivity index is 2.44. The Labute approximate surface area is 94.7 Å². The van der Waals surface area contributed by atoms with Crippen molar-refractivity contribution in [3.63, 3.8) is 0 Å². The second-order valence-corrected chi connectivity index (χ2v) is 3.75. The summed E-state index contributed by atoms with van der Waals surface area (Å²) in [7, 11) is 0. The molecule has 1 N–H and O–H groups in total. The molecule has 0 fully saturated rings. The smallest absolute Gasteiger partial charge is 0.321 e. The molecule has 1 aliphatic rings. The number of carbonyl (C=O) groups excluding carboxylic acids is 2. The second kappa shape index (κ2) is 3.27.